The summed E-state index contributed by atoms with van der Waals surface area (Å²) < 4.78 is 9.99. The zero-order valence-electron chi connectivity index (χ0n) is 15.9. The molecular weight excluding hydrogens is 445 g/mol. The Hall–Kier alpha value is -1.35. The first-order valence-corrected chi connectivity index (χ1v) is 8.85. The summed E-state index contributed by atoms with van der Waals surface area (Å²) in [4.78, 5) is 18.6. The van der Waals surface area contributed by atoms with E-state index in [4.69, 9.17) is 14.5 Å². The van der Waals surface area contributed by atoms with Crippen LogP contribution in [0, 0.1) is 5.92 Å². The molecular formula is C19H30IN3O3. The van der Waals surface area contributed by atoms with Crippen molar-refractivity contribution in [1.29, 1.82) is 0 Å². The molecule has 0 saturated carbocycles. The molecule has 0 spiro atoms. The number of guanidine groups is 1. The number of rotatable bonds is 6. The molecule has 0 radical (unpaired) electrons. The van der Waals surface area contributed by atoms with Crippen LogP contribution in [0.15, 0.2) is 29.3 Å². The predicted octanol–water partition coefficient (Wildman–Crippen LogP) is 2.80. The van der Waals surface area contributed by atoms with E-state index in [-0.39, 0.29) is 35.9 Å². The standard InChI is InChI=1S/C19H29N3O3.HI/c1-4-20-19(22-11-9-17(10-12-22)18(23)25-3)21-13-15-5-7-16(8-6-15)14-24-2;/h5-8,17H,4,9-14H2,1-3H3,(H,20,21);1H. The van der Waals surface area contributed by atoms with Crippen LogP contribution in [-0.2, 0) is 27.4 Å². The van der Waals surface area contributed by atoms with Crippen molar-refractivity contribution in [3.05, 3.63) is 35.4 Å². The van der Waals surface area contributed by atoms with E-state index in [1.165, 1.54) is 12.7 Å². The van der Waals surface area contributed by atoms with Crippen LogP contribution < -0.4 is 5.32 Å². The summed E-state index contributed by atoms with van der Waals surface area (Å²) in [5.74, 6) is 0.821. The second kappa shape index (κ2) is 12.1. The average Bonchev–Trinajstić information content (AvgIpc) is 2.66. The number of nitrogens with one attached hydrogen (secondary N) is 1. The van der Waals surface area contributed by atoms with Crippen LogP contribution in [0.4, 0.5) is 0 Å². The smallest absolute Gasteiger partial charge is 0.308 e. The lowest BCUT2D eigenvalue weighted by Crippen LogP contribution is -2.46. The van der Waals surface area contributed by atoms with Crippen LogP contribution in [0.1, 0.15) is 30.9 Å². The van der Waals surface area contributed by atoms with Gasteiger partial charge in [0.2, 0.25) is 0 Å². The van der Waals surface area contributed by atoms with E-state index in [0.717, 1.165) is 44.0 Å². The molecule has 1 aliphatic rings. The number of benzene rings is 1. The number of halogens is 1. The molecule has 0 unspecified atom stereocenters. The van der Waals surface area contributed by atoms with Crippen molar-refractivity contribution in [2.24, 2.45) is 10.9 Å². The minimum Gasteiger partial charge on any atom is -0.469 e. The van der Waals surface area contributed by atoms with Crippen LogP contribution in [0.25, 0.3) is 0 Å². The molecule has 0 aliphatic carbocycles. The summed E-state index contributed by atoms with van der Waals surface area (Å²) in [6.45, 7) is 5.78. The Kier molecular flexibility index (Phi) is 10.6. The first-order valence-electron chi connectivity index (χ1n) is 8.85. The molecule has 0 amide bonds. The van der Waals surface area contributed by atoms with E-state index in [0.29, 0.717) is 13.2 Å². The fourth-order valence-electron chi connectivity index (χ4n) is 2.99. The summed E-state index contributed by atoms with van der Waals surface area (Å²) in [6, 6.07) is 8.32. The van der Waals surface area contributed by atoms with Crippen molar-refractivity contribution >= 4 is 35.9 Å². The van der Waals surface area contributed by atoms with Gasteiger partial charge < -0.3 is 19.7 Å². The first kappa shape index (κ1) is 22.7. The SMILES string of the molecule is CCNC(=NCc1ccc(COC)cc1)N1CCC(C(=O)OC)CC1.I. The van der Waals surface area contributed by atoms with Gasteiger partial charge in [-0.1, -0.05) is 24.3 Å². The summed E-state index contributed by atoms with van der Waals surface area (Å²) in [5, 5.41) is 3.35. The van der Waals surface area contributed by atoms with Crippen molar-refractivity contribution in [3.8, 4) is 0 Å². The van der Waals surface area contributed by atoms with Gasteiger partial charge in [0.25, 0.3) is 0 Å². The van der Waals surface area contributed by atoms with Gasteiger partial charge >= 0.3 is 5.97 Å². The van der Waals surface area contributed by atoms with Crippen LogP contribution in [-0.4, -0.2) is 50.7 Å². The quantitative estimate of drug-likeness (QED) is 0.297. The highest BCUT2D eigenvalue weighted by Crippen LogP contribution is 2.18. The molecule has 1 N–H and O–H groups in total. The first-order chi connectivity index (χ1) is 12.2. The fourth-order valence-corrected chi connectivity index (χ4v) is 2.99. The maximum atomic E-state index is 11.7. The molecule has 1 fully saturated rings. The van der Waals surface area contributed by atoms with Gasteiger partial charge in [0.1, 0.15) is 0 Å². The summed E-state index contributed by atoms with van der Waals surface area (Å²) in [5.41, 5.74) is 2.33. The van der Waals surface area contributed by atoms with E-state index < -0.39 is 0 Å². The number of nitrogens with zero attached hydrogens (tertiary/aromatic N) is 2. The number of methoxy groups -OCH3 is 2. The Balaban J connectivity index is 0.00000338. The lowest BCUT2D eigenvalue weighted by atomic mass is 9.97. The molecule has 1 saturated heterocycles. The Bertz CT molecular complexity index is 570. The molecule has 0 atom stereocenters. The highest BCUT2D eigenvalue weighted by atomic mass is 127. The number of carbonyl (C=O) groups is 1. The lowest BCUT2D eigenvalue weighted by Gasteiger charge is -2.33. The summed E-state index contributed by atoms with van der Waals surface area (Å²) in [7, 11) is 3.16. The largest absolute Gasteiger partial charge is 0.469 e. The van der Waals surface area contributed by atoms with E-state index in [1.54, 1.807) is 7.11 Å². The Morgan fingerprint density at radius 1 is 1.19 bits per heavy atom. The van der Waals surface area contributed by atoms with Crippen LogP contribution in [0.3, 0.4) is 0 Å². The highest BCUT2D eigenvalue weighted by Gasteiger charge is 2.26. The average molecular weight is 475 g/mol. The van der Waals surface area contributed by atoms with Gasteiger partial charge in [-0.15, -0.1) is 24.0 Å². The zero-order valence-corrected chi connectivity index (χ0v) is 18.2. The molecule has 1 aromatic rings. The lowest BCUT2D eigenvalue weighted by molar-refractivity contribution is -0.146. The molecule has 2 rings (SSSR count). The van der Waals surface area contributed by atoms with Gasteiger partial charge in [0.15, 0.2) is 5.96 Å². The number of hydrogen-bond acceptors (Lipinski definition) is 4. The third-order valence-corrected chi connectivity index (χ3v) is 4.41. The number of carbonyl (C=O) groups excluding carboxylic acids is 1. The van der Waals surface area contributed by atoms with Crippen LogP contribution >= 0.6 is 24.0 Å². The van der Waals surface area contributed by atoms with Crippen molar-refractivity contribution in [3.63, 3.8) is 0 Å². The highest BCUT2D eigenvalue weighted by molar-refractivity contribution is 14.0. The van der Waals surface area contributed by atoms with Gasteiger partial charge in [0.05, 0.1) is 26.2 Å². The van der Waals surface area contributed by atoms with Gasteiger partial charge in [-0.3, -0.25) is 4.79 Å². The maximum Gasteiger partial charge on any atom is 0.308 e. The monoisotopic (exact) mass is 475 g/mol. The predicted molar refractivity (Wildman–Crippen MR) is 114 cm³/mol. The van der Waals surface area contributed by atoms with Crippen molar-refractivity contribution < 1.29 is 14.3 Å². The normalized spacial score (nSPS) is 15.3. The third-order valence-electron chi connectivity index (χ3n) is 4.41. The molecule has 146 valence electrons. The van der Waals surface area contributed by atoms with E-state index >= 15 is 0 Å². The Morgan fingerprint density at radius 2 is 1.81 bits per heavy atom. The Morgan fingerprint density at radius 3 is 2.35 bits per heavy atom. The molecule has 7 heteroatoms. The van der Waals surface area contributed by atoms with Gasteiger partial charge in [-0.2, -0.15) is 0 Å². The molecule has 1 heterocycles. The van der Waals surface area contributed by atoms with Crippen molar-refractivity contribution in [1.82, 2.24) is 10.2 Å². The van der Waals surface area contributed by atoms with E-state index in [9.17, 15) is 4.79 Å². The number of aliphatic imine (C=N–C) groups is 1. The zero-order chi connectivity index (χ0) is 18.1. The van der Waals surface area contributed by atoms with E-state index in [2.05, 4.69) is 41.4 Å². The minimum absolute atomic E-state index is 0. The molecule has 26 heavy (non-hydrogen) atoms. The van der Waals surface area contributed by atoms with Crippen molar-refractivity contribution in [2.45, 2.75) is 32.9 Å². The number of likely N-dealkylation sites (tertiary alicyclic amines) is 1. The van der Waals surface area contributed by atoms with Gasteiger partial charge in [0, 0.05) is 26.7 Å². The van der Waals surface area contributed by atoms with Gasteiger partial charge in [-0.25, -0.2) is 4.99 Å². The topological polar surface area (TPSA) is 63.2 Å². The third kappa shape index (κ3) is 6.75. The summed E-state index contributed by atoms with van der Waals surface area (Å²) in [6.07, 6.45) is 1.62. The number of piperidine rings is 1. The molecule has 0 bridgehead atoms. The van der Waals surface area contributed by atoms with Crippen LogP contribution in [0.2, 0.25) is 0 Å². The number of esters is 1. The molecule has 1 aromatic carbocycles. The second-order valence-electron chi connectivity index (χ2n) is 6.20. The van der Waals surface area contributed by atoms with E-state index in [1.807, 2.05) is 0 Å². The Labute approximate surface area is 173 Å². The fraction of sp³-hybridized carbons (Fsp3) is 0.579. The van der Waals surface area contributed by atoms with Crippen molar-refractivity contribution in [2.75, 3.05) is 33.9 Å². The number of ether oxygens (including phenoxy) is 2. The minimum atomic E-state index is -0.0993. The second-order valence-corrected chi connectivity index (χ2v) is 6.20. The molecule has 6 nitrogen and oxygen atoms in total. The van der Waals surface area contributed by atoms with Crippen LogP contribution in [0.5, 0.6) is 0 Å². The number of hydrogen-bond donors (Lipinski definition) is 1. The molecule has 1 aliphatic heterocycles. The molecule has 0 aromatic heterocycles. The van der Waals surface area contributed by atoms with Gasteiger partial charge in [-0.05, 0) is 30.9 Å². The summed E-state index contributed by atoms with van der Waals surface area (Å²) >= 11 is 0. The maximum absolute atomic E-state index is 11.7.